The van der Waals surface area contributed by atoms with Crippen LogP contribution in [0.4, 0.5) is 0 Å². The van der Waals surface area contributed by atoms with Gasteiger partial charge in [-0.25, -0.2) is 0 Å². The molecule has 0 aliphatic heterocycles. The Kier molecular flexibility index (Phi) is 10.4. The van der Waals surface area contributed by atoms with E-state index < -0.39 is 0 Å². The molecule has 1 aliphatic rings. The number of nitrogens with zero attached hydrogens (tertiary/aromatic N) is 1. The summed E-state index contributed by atoms with van der Waals surface area (Å²) in [5.74, 6) is 3.04. The lowest BCUT2D eigenvalue weighted by Gasteiger charge is -2.38. The summed E-state index contributed by atoms with van der Waals surface area (Å²) in [5.41, 5.74) is 0. The first-order valence-corrected chi connectivity index (χ1v) is 9.97. The highest BCUT2D eigenvalue weighted by molar-refractivity contribution is 4.81. The minimum atomic E-state index is 0.983. The lowest BCUT2D eigenvalue weighted by Crippen LogP contribution is -2.35. The highest BCUT2D eigenvalue weighted by Gasteiger charge is 2.29. The molecule has 3 atom stereocenters. The molecule has 0 radical (unpaired) electrons. The van der Waals surface area contributed by atoms with E-state index >= 15 is 0 Å². The second kappa shape index (κ2) is 11.5. The Morgan fingerprint density at radius 2 is 1.62 bits per heavy atom. The normalized spacial score (nSPS) is 26.4. The van der Waals surface area contributed by atoms with Crippen LogP contribution in [0, 0.1) is 17.8 Å². The van der Waals surface area contributed by atoms with Crippen LogP contribution in [0.2, 0.25) is 0 Å². The lowest BCUT2D eigenvalue weighted by atomic mass is 9.71. The molecule has 21 heavy (non-hydrogen) atoms. The molecule has 126 valence electrons. The summed E-state index contributed by atoms with van der Waals surface area (Å²) in [6, 6.07) is 0. The van der Waals surface area contributed by atoms with Crippen LogP contribution < -0.4 is 0 Å². The Labute approximate surface area is 134 Å². The maximum absolute atomic E-state index is 2.77. The van der Waals surface area contributed by atoms with Crippen molar-refractivity contribution in [3.8, 4) is 0 Å². The van der Waals surface area contributed by atoms with Crippen molar-refractivity contribution in [1.29, 1.82) is 0 Å². The van der Waals surface area contributed by atoms with Crippen molar-refractivity contribution >= 4 is 0 Å². The van der Waals surface area contributed by atoms with Crippen molar-refractivity contribution in [2.24, 2.45) is 17.8 Å². The predicted molar refractivity (Wildman–Crippen MR) is 95.8 cm³/mol. The molecule has 0 aromatic heterocycles. The maximum Gasteiger partial charge on any atom is 0.000976 e. The van der Waals surface area contributed by atoms with Crippen LogP contribution in [0.3, 0.4) is 0 Å². The van der Waals surface area contributed by atoms with Crippen molar-refractivity contribution in [1.82, 2.24) is 4.90 Å². The summed E-state index contributed by atoms with van der Waals surface area (Å²) in [5, 5.41) is 0. The van der Waals surface area contributed by atoms with Crippen LogP contribution >= 0.6 is 0 Å². The molecule has 1 aliphatic carbocycles. The van der Waals surface area contributed by atoms with Gasteiger partial charge in [0.05, 0.1) is 0 Å². The summed E-state index contributed by atoms with van der Waals surface area (Å²) in [6.45, 7) is 13.5. The quantitative estimate of drug-likeness (QED) is 0.414. The Bertz CT molecular complexity index is 238. The van der Waals surface area contributed by atoms with Crippen LogP contribution in [0.5, 0.6) is 0 Å². The average molecular weight is 296 g/mol. The zero-order chi connectivity index (χ0) is 15.5. The summed E-state index contributed by atoms with van der Waals surface area (Å²) in [6.07, 6.45) is 14.2. The minimum Gasteiger partial charge on any atom is -0.303 e. The Morgan fingerprint density at radius 1 is 0.810 bits per heavy atom. The second-order valence-corrected chi connectivity index (χ2v) is 7.40. The van der Waals surface area contributed by atoms with E-state index in [4.69, 9.17) is 0 Å². The molecule has 0 spiro atoms. The molecule has 1 heteroatoms. The molecule has 1 saturated carbocycles. The molecule has 0 aromatic carbocycles. The van der Waals surface area contributed by atoms with Crippen LogP contribution in [-0.2, 0) is 0 Å². The van der Waals surface area contributed by atoms with Crippen LogP contribution in [0.15, 0.2) is 0 Å². The van der Waals surface area contributed by atoms with Crippen molar-refractivity contribution in [2.45, 2.75) is 91.9 Å². The van der Waals surface area contributed by atoms with Gasteiger partial charge in [0.25, 0.3) is 0 Å². The van der Waals surface area contributed by atoms with Crippen molar-refractivity contribution in [3.05, 3.63) is 0 Å². The minimum absolute atomic E-state index is 0.983. The molecule has 0 aromatic rings. The van der Waals surface area contributed by atoms with Gasteiger partial charge in [-0.3, -0.25) is 0 Å². The standard InChI is InChI=1S/C20H41N/c1-5-9-10-15-21(14-7-3)17-18-12-13-20(11-6-2)19(8-4)16-18/h18-20H,5-17H2,1-4H3. The van der Waals surface area contributed by atoms with E-state index in [2.05, 4.69) is 32.6 Å². The number of hydrogen-bond donors (Lipinski definition) is 0. The van der Waals surface area contributed by atoms with E-state index in [1.807, 2.05) is 0 Å². The van der Waals surface area contributed by atoms with E-state index in [9.17, 15) is 0 Å². The van der Waals surface area contributed by atoms with E-state index in [0.29, 0.717) is 0 Å². The highest BCUT2D eigenvalue weighted by atomic mass is 15.1. The molecule has 0 amide bonds. The molecular weight excluding hydrogens is 254 g/mol. The lowest BCUT2D eigenvalue weighted by molar-refractivity contribution is 0.124. The van der Waals surface area contributed by atoms with Gasteiger partial charge in [-0.1, -0.05) is 59.8 Å². The predicted octanol–water partition coefficient (Wildman–Crippen LogP) is 6.13. The van der Waals surface area contributed by atoms with Gasteiger partial charge in [-0.15, -0.1) is 0 Å². The third-order valence-electron chi connectivity index (χ3n) is 5.57. The topological polar surface area (TPSA) is 3.24 Å². The number of rotatable bonds is 11. The molecule has 0 heterocycles. The molecule has 1 nitrogen and oxygen atoms in total. The molecule has 1 rings (SSSR count). The zero-order valence-electron chi connectivity index (χ0n) is 15.4. The van der Waals surface area contributed by atoms with E-state index in [1.54, 1.807) is 0 Å². The zero-order valence-corrected chi connectivity index (χ0v) is 15.4. The summed E-state index contributed by atoms with van der Waals surface area (Å²) < 4.78 is 0. The molecule has 0 bridgehead atoms. The Morgan fingerprint density at radius 3 is 2.24 bits per heavy atom. The Hall–Kier alpha value is -0.0400. The highest BCUT2D eigenvalue weighted by Crippen LogP contribution is 2.38. The van der Waals surface area contributed by atoms with Gasteiger partial charge in [-0.05, 0) is 62.9 Å². The first kappa shape index (κ1) is 19.0. The van der Waals surface area contributed by atoms with Gasteiger partial charge in [-0.2, -0.15) is 0 Å². The smallest absolute Gasteiger partial charge is 0.000976 e. The van der Waals surface area contributed by atoms with Crippen molar-refractivity contribution in [3.63, 3.8) is 0 Å². The molecule has 0 N–H and O–H groups in total. The van der Waals surface area contributed by atoms with E-state index in [1.165, 1.54) is 83.8 Å². The third kappa shape index (κ3) is 7.17. The monoisotopic (exact) mass is 295 g/mol. The van der Waals surface area contributed by atoms with Gasteiger partial charge in [0.15, 0.2) is 0 Å². The van der Waals surface area contributed by atoms with Crippen LogP contribution in [0.1, 0.15) is 91.9 Å². The summed E-state index contributed by atoms with van der Waals surface area (Å²) in [7, 11) is 0. The largest absolute Gasteiger partial charge is 0.303 e. The molecule has 1 fully saturated rings. The fourth-order valence-electron chi connectivity index (χ4n) is 4.40. The van der Waals surface area contributed by atoms with E-state index in [0.717, 1.165) is 17.8 Å². The van der Waals surface area contributed by atoms with Crippen LogP contribution in [-0.4, -0.2) is 24.5 Å². The van der Waals surface area contributed by atoms with Gasteiger partial charge in [0.1, 0.15) is 0 Å². The molecule has 3 unspecified atom stereocenters. The average Bonchev–Trinajstić information content (AvgIpc) is 2.49. The fourth-order valence-corrected chi connectivity index (χ4v) is 4.40. The second-order valence-electron chi connectivity index (χ2n) is 7.40. The number of hydrogen-bond acceptors (Lipinski definition) is 1. The van der Waals surface area contributed by atoms with Gasteiger partial charge in [0.2, 0.25) is 0 Å². The first-order chi connectivity index (χ1) is 10.2. The molecule has 0 saturated heterocycles. The van der Waals surface area contributed by atoms with E-state index in [-0.39, 0.29) is 0 Å². The molecular formula is C20H41N. The van der Waals surface area contributed by atoms with Crippen molar-refractivity contribution in [2.75, 3.05) is 19.6 Å². The maximum atomic E-state index is 2.77. The summed E-state index contributed by atoms with van der Waals surface area (Å²) in [4.78, 5) is 2.77. The fraction of sp³-hybridized carbons (Fsp3) is 1.00. The van der Waals surface area contributed by atoms with Crippen LogP contribution in [0.25, 0.3) is 0 Å². The summed E-state index contributed by atoms with van der Waals surface area (Å²) >= 11 is 0. The number of unbranched alkanes of at least 4 members (excludes halogenated alkanes) is 2. The SMILES string of the molecule is CCCCCN(CCC)CC1CCC(CCC)C(CC)C1. The first-order valence-electron chi connectivity index (χ1n) is 9.97. The third-order valence-corrected chi connectivity index (χ3v) is 5.57. The van der Waals surface area contributed by atoms with Gasteiger partial charge < -0.3 is 4.90 Å². The van der Waals surface area contributed by atoms with Gasteiger partial charge >= 0.3 is 0 Å². The van der Waals surface area contributed by atoms with Crippen molar-refractivity contribution < 1.29 is 0 Å². The van der Waals surface area contributed by atoms with Gasteiger partial charge in [0, 0.05) is 6.54 Å². The Balaban J connectivity index is 2.40.